The summed E-state index contributed by atoms with van der Waals surface area (Å²) in [5, 5.41) is 4.95. The Hall–Kier alpha value is -3.19. The fraction of sp³-hybridized carbons (Fsp3) is 0.292. The van der Waals surface area contributed by atoms with E-state index < -0.39 is 6.04 Å². The summed E-state index contributed by atoms with van der Waals surface area (Å²) in [7, 11) is 0. The van der Waals surface area contributed by atoms with Gasteiger partial charge in [0.25, 0.3) is 5.91 Å². The Kier molecular flexibility index (Phi) is 6.62. The number of thiophene rings is 1. The largest absolute Gasteiger partial charge is 0.489 e. The molecule has 1 N–H and O–H groups in total. The lowest BCUT2D eigenvalue weighted by Gasteiger charge is -2.25. The number of nitrogens with one attached hydrogen (secondary N) is 1. The zero-order valence-electron chi connectivity index (χ0n) is 17.4. The lowest BCUT2D eigenvalue weighted by Crippen LogP contribution is -2.46. The van der Waals surface area contributed by atoms with Crippen molar-refractivity contribution < 1.29 is 14.3 Å². The molecule has 0 radical (unpaired) electrons. The molecule has 4 rings (SSSR count). The molecular weight excluding hydrogens is 410 g/mol. The fourth-order valence-corrected chi connectivity index (χ4v) is 4.40. The number of carbonyl (C=O) groups is 2. The second-order valence-electron chi connectivity index (χ2n) is 7.58. The summed E-state index contributed by atoms with van der Waals surface area (Å²) >= 11 is 1.41. The van der Waals surface area contributed by atoms with Crippen LogP contribution >= 0.6 is 11.3 Å². The molecule has 2 atom stereocenters. The minimum atomic E-state index is -0.417. The number of pyridine rings is 1. The van der Waals surface area contributed by atoms with E-state index >= 15 is 0 Å². The van der Waals surface area contributed by atoms with E-state index in [9.17, 15) is 9.59 Å². The van der Waals surface area contributed by atoms with Crippen LogP contribution in [0.4, 0.5) is 0 Å². The molecule has 1 aliphatic rings. The molecule has 1 aromatic carbocycles. The Morgan fingerprint density at radius 2 is 2.06 bits per heavy atom. The average molecular weight is 436 g/mol. The van der Waals surface area contributed by atoms with Gasteiger partial charge in [-0.15, -0.1) is 11.3 Å². The van der Waals surface area contributed by atoms with E-state index in [1.54, 1.807) is 23.4 Å². The summed E-state index contributed by atoms with van der Waals surface area (Å²) in [5.74, 6) is 0.594. The van der Waals surface area contributed by atoms with Gasteiger partial charge in [-0.1, -0.05) is 24.3 Å². The van der Waals surface area contributed by atoms with Gasteiger partial charge in [-0.2, -0.15) is 0 Å². The standard InChI is InChI=1S/C24H25N3O3S/c1-17(19-8-10-20(11-9-19)30-16-18-5-2-12-25-15-18)26-23(28)21-6-3-13-27(21)24(29)22-7-4-14-31-22/h2,4-5,7-12,14-15,17,21H,3,6,13,16H2,1H3,(H,26,28)/t17?,21-/m0/s1. The van der Waals surface area contributed by atoms with Crippen LogP contribution in [0.3, 0.4) is 0 Å². The van der Waals surface area contributed by atoms with Gasteiger partial charge in [-0.25, -0.2) is 0 Å². The van der Waals surface area contributed by atoms with Crippen LogP contribution in [0.1, 0.15) is 46.6 Å². The molecule has 0 spiro atoms. The summed E-state index contributed by atoms with van der Waals surface area (Å²) in [4.78, 5) is 32.1. The second kappa shape index (κ2) is 9.75. The second-order valence-corrected chi connectivity index (χ2v) is 8.53. The fourth-order valence-electron chi connectivity index (χ4n) is 3.72. The zero-order chi connectivity index (χ0) is 21.6. The van der Waals surface area contributed by atoms with Crippen molar-refractivity contribution in [2.24, 2.45) is 0 Å². The van der Waals surface area contributed by atoms with Gasteiger partial charge in [0.2, 0.25) is 5.91 Å². The zero-order valence-corrected chi connectivity index (χ0v) is 18.2. The molecule has 1 fully saturated rings. The highest BCUT2D eigenvalue weighted by molar-refractivity contribution is 7.12. The average Bonchev–Trinajstić information content (AvgIpc) is 3.51. The first-order valence-electron chi connectivity index (χ1n) is 10.4. The molecule has 0 bridgehead atoms. The number of hydrogen-bond donors (Lipinski definition) is 1. The predicted octanol–water partition coefficient (Wildman–Crippen LogP) is 4.20. The molecule has 2 aromatic heterocycles. The van der Waals surface area contributed by atoms with E-state index in [0.29, 0.717) is 24.4 Å². The molecule has 0 aliphatic carbocycles. The summed E-state index contributed by atoms with van der Waals surface area (Å²) in [6.45, 7) is 3.02. The van der Waals surface area contributed by atoms with E-state index in [1.807, 2.05) is 54.8 Å². The third-order valence-electron chi connectivity index (χ3n) is 5.42. The summed E-state index contributed by atoms with van der Waals surface area (Å²) in [6, 6.07) is 14.6. The first kappa shape index (κ1) is 21.1. The number of hydrogen-bond acceptors (Lipinski definition) is 5. The highest BCUT2D eigenvalue weighted by atomic mass is 32.1. The number of benzene rings is 1. The van der Waals surface area contributed by atoms with Crippen molar-refractivity contribution in [2.45, 2.75) is 38.5 Å². The van der Waals surface area contributed by atoms with Gasteiger partial charge in [0.05, 0.1) is 10.9 Å². The van der Waals surface area contributed by atoms with Crippen molar-refractivity contribution in [3.63, 3.8) is 0 Å². The van der Waals surface area contributed by atoms with E-state index in [-0.39, 0.29) is 17.9 Å². The van der Waals surface area contributed by atoms with Gasteiger partial charge in [0.1, 0.15) is 18.4 Å². The SMILES string of the molecule is CC(NC(=O)[C@@H]1CCCN1C(=O)c1cccs1)c1ccc(OCc2cccnc2)cc1. The third-order valence-corrected chi connectivity index (χ3v) is 6.27. The van der Waals surface area contributed by atoms with Crippen molar-refractivity contribution in [3.8, 4) is 5.75 Å². The van der Waals surface area contributed by atoms with Crippen molar-refractivity contribution in [1.82, 2.24) is 15.2 Å². The van der Waals surface area contributed by atoms with Crippen molar-refractivity contribution in [2.75, 3.05) is 6.54 Å². The van der Waals surface area contributed by atoms with E-state index in [1.165, 1.54) is 11.3 Å². The smallest absolute Gasteiger partial charge is 0.264 e. The van der Waals surface area contributed by atoms with Crippen LogP contribution in [0.25, 0.3) is 0 Å². The monoisotopic (exact) mass is 435 g/mol. The Balaban J connectivity index is 1.33. The quantitative estimate of drug-likeness (QED) is 0.604. The number of ether oxygens (including phenoxy) is 1. The molecule has 7 heteroatoms. The van der Waals surface area contributed by atoms with Crippen LogP contribution in [-0.2, 0) is 11.4 Å². The van der Waals surface area contributed by atoms with Crippen LogP contribution in [0.15, 0.2) is 66.3 Å². The minimum Gasteiger partial charge on any atom is -0.489 e. The van der Waals surface area contributed by atoms with Crippen LogP contribution in [-0.4, -0.2) is 34.3 Å². The summed E-state index contributed by atoms with van der Waals surface area (Å²) < 4.78 is 5.79. The summed E-state index contributed by atoms with van der Waals surface area (Å²) in [5.41, 5.74) is 1.99. The Morgan fingerprint density at radius 3 is 2.77 bits per heavy atom. The van der Waals surface area contributed by atoms with E-state index in [4.69, 9.17) is 4.74 Å². The van der Waals surface area contributed by atoms with E-state index in [0.717, 1.165) is 23.3 Å². The van der Waals surface area contributed by atoms with E-state index in [2.05, 4.69) is 10.3 Å². The maximum Gasteiger partial charge on any atom is 0.264 e. The predicted molar refractivity (Wildman–Crippen MR) is 120 cm³/mol. The molecule has 1 aliphatic heterocycles. The number of aromatic nitrogens is 1. The first-order valence-corrected chi connectivity index (χ1v) is 11.3. The number of carbonyl (C=O) groups excluding carboxylic acids is 2. The molecule has 0 saturated carbocycles. The molecule has 1 unspecified atom stereocenters. The van der Waals surface area contributed by atoms with Crippen molar-refractivity contribution in [1.29, 1.82) is 0 Å². The Bertz CT molecular complexity index is 1010. The molecule has 160 valence electrons. The Morgan fingerprint density at radius 1 is 1.23 bits per heavy atom. The minimum absolute atomic E-state index is 0.0598. The van der Waals surface area contributed by atoms with Gasteiger partial charge in [0, 0.05) is 24.5 Å². The normalized spacial score (nSPS) is 16.7. The molecule has 6 nitrogen and oxygen atoms in total. The molecule has 31 heavy (non-hydrogen) atoms. The van der Waals surface area contributed by atoms with Gasteiger partial charge in [-0.3, -0.25) is 14.6 Å². The number of rotatable bonds is 7. The molecule has 3 aromatic rings. The van der Waals surface area contributed by atoms with Crippen molar-refractivity contribution >= 4 is 23.2 Å². The van der Waals surface area contributed by atoms with Gasteiger partial charge >= 0.3 is 0 Å². The van der Waals surface area contributed by atoms with Gasteiger partial charge < -0.3 is 15.0 Å². The lowest BCUT2D eigenvalue weighted by molar-refractivity contribution is -0.125. The molecule has 1 saturated heterocycles. The third kappa shape index (κ3) is 5.11. The van der Waals surface area contributed by atoms with Crippen LogP contribution in [0.5, 0.6) is 5.75 Å². The highest BCUT2D eigenvalue weighted by Crippen LogP contribution is 2.24. The number of amides is 2. The maximum atomic E-state index is 12.9. The Labute approximate surface area is 185 Å². The maximum absolute atomic E-state index is 12.9. The molecule has 3 heterocycles. The molecule has 2 amide bonds. The van der Waals surface area contributed by atoms with Crippen LogP contribution < -0.4 is 10.1 Å². The first-order chi connectivity index (χ1) is 15.1. The number of likely N-dealkylation sites (tertiary alicyclic amines) is 1. The van der Waals surface area contributed by atoms with Gasteiger partial charge in [-0.05, 0) is 55.0 Å². The van der Waals surface area contributed by atoms with Crippen LogP contribution in [0, 0.1) is 0 Å². The number of nitrogens with zero attached hydrogens (tertiary/aromatic N) is 2. The topological polar surface area (TPSA) is 71.5 Å². The van der Waals surface area contributed by atoms with Crippen molar-refractivity contribution in [3.05, 3.63) is 82.3 Å². The molecular formula is C24H25N3O3S. The van der Waals surface area contributed by atoms with Gasteiger partial charge in [0.15, 0.2) is 0 Å². The highest BCUT2D eigenvalue weighted by Gasteiger charge is 2.35. The lowest BCUT2D eigenvalue weighted by atomic mass is 10.1. The van der Waals surface area contributed by atoms with Crippen LogP contribution in [0.2, 0.25) is 0 Å². The summed E-state index contributed by atoms with van der Waals surface area (Å²) in [6.07, 6.45) is 5.04.